The fourth-order valence-corrected chi connectivity index (χ4v) is 10.3. The summed E-state index contributed by atoms with van der Waals surface area (Å²) in [5, 5.41) is -0.108. The first kappa shape index (κ1) is 35.2. The van der Waals surface area contributed by atoms with Gasteiger partial charge in [-0.1, -0.05) is 205 Å². The van der Waals surface area contributed by atoms with E-state index in [0.717, 1.165) is 78.1 Å². The van der Waals surface area contributed by atoms with Gasteiger partial charge in [-0.2, -0.15) is 0 Å². The molecule has 0 saturated heterocycles. The Hall–Kier alpha value is -8.98. The molecule has 0 heterocycles. The number of hydrogen-bond donors (Lipinski definition) is 0. The van der Waals surface area contributed by atoms with Crippen LogP contribution in [0.2, 0.25) is 0 Å². The van der Waals surface area contributed by atoms with E-state index >= 15 is 0 Å². The maximum atomic E-state index is 10.7. The average molecular weight is 947 g/mol. The van der Waals surface area contributed by atoms with Crippen molar-refractivity contribution in [2.75, 3.05) is 9.80 Å². The molecule has 0 unspecified atom stereocenters. The van der Waals surface area contributed by atoms with Crippen LogP contribution in [0.1, 0.15) is 41.5 Å². The Kier molecular flexibility index (Phi) is 9.31. The molecule has 2 nitrogen and oxygen atoms in total. The lowest BCUT2D eigenvalue weighted by atomic mass is 9.91. The second kappa shape index (κ2) is 19.3. The van der Waals surface area contributed by atoms with Crippen LogP contribution in [0, 0.1) is 27.7 Å². The van der Waals surface area contributed by atoms with Gasteiger partial charge in [0.15, 0.2) is 0 Å². The number of rotatable bonds is 11. The van der Waals surface area contributed by atoms with E-state index in [4.69, 9.17) is 0 Å². The lowest BCUT2D eigenvalue weighted by Gasteiger charge is -2.30. The van der Waals surface area contributed by atoms with E-state index < -0.39 is 48.3 Å². The van der Waals surface area contributed by atoms with Crippen LogP contribution in [0.5, 0.6) is 0 Å². The second-order valence-electron chi connectivity index (χ2n) is 18.8. The zero-order valence-corrected chi connectivity index (χ0v) is 41.1. The van der Waals surface area contributed by atoms with Gasteiger partial charge in [-0.3, -0.25) is 0 Å². The highest BCUT2D eigenvalue weighted by atomic mass is 15.1. The van der Waals surface area contributed by atoms with Gasteiger partial charge < -0.3 is 9.80 Å². The number of benzene rings is 12. The molecule has 73 heavy (non-hydrogen) atoms. The fraction of sp³-hybridized carbons (Fsp3) is 0.0704. The quantitative estimate of drug-likeness (QED) is 0.119. The van der Waals surface area contributed by atoms with Crippen LogP contribution in [0.4, 0.5) is 28.4 Å². The minimum absolute atomic E-state index is 0.0127. The van der Waals surface area contributed by atoms with E-state index in [-0.39, 0.29) is 62.2 Å². The summed E-state index contributed by atoms with van der Waals surface area (Å²) in [7, 11) is 0. The van der Waals surface area contributed by atoms with Gasteiger partial charge in [0.05, 0.1) is 19.4 Å². The highest BCUT2D eigenvalue weighted by molar-refractivity contribution is 6.22. The summed E-state index contributed by atoms with van der Waals surface area (Å²) >= 11 is 0. The Bertz CT molecular complexity index is 4600. The van der Waals surface area contributed by atoms with Crippen molar-refractivity contribution in [1.29, 1.82) is 0 Å². The third-order valence-corrected chi connectivity index (χ3v) is 13.8. The maximum absolute atomic E-state index is 10.7. The second-order valence-corrected chi connectivity index (χ2v) is 18.8. The Morgan fingerprint density at radius 1 is 0.329 bits per heavy atom. The van der Waals surface area contributed by atoms with Crippen LogP contribution >= 0.6 is 0 Å². The summed E-state index contributed by atoms with van der Waals surface area (Å²) in [5.41, 5.74) is 14.5. The van der Waals surface area contributed by atoms with Gasteiger partial charge in [-0.25, -0.2) is 0 Å². The van der Waals surface area contributed by atoms with Gasteiger partial charge in [0.25, 0.3) is 0 Å². The van der Waals surface area contributed by atoms with Gasteiger partial charge >= 0.3 is 0 Å². The molecule has 0 spiro atoms. The largest absolute Gasteiger partial charge is 0.337 e. The van der Waals surface area contributed by atoms with Gasteiger partial charge in [0.1, 0.15) is 0 Å². The molecule has 0 fully saturated rings. The molecule has 0 aromatic heterocycles. The predicted molar refractivity (Wildman–Crippen MR) is 313 cm³/mol. The summed E-state index contributed by atoms with van der Waals surface area (Å²) in [6.45, 7) is 7.84. The third kappa shape index (κ3) is 8.83. The van der Waals surface area contributed by atoms with Crippen LogP contribution in [-0.4, -0.2) is 0 Å². The summed E-state index contributed by atoms with van der Waals surface area (Å²) in [6.07, 6.45) is 0. The van der Waals surface area contributed by atoms with E-state index in [0.29, 0.717) is 11.4 Å². The van der Waals surface area contributed by atoms with Crippen LogP contribution in [0.25, 0.3) is 76.8 Å². The van der Waals surface area contributed by atoms with Gasteiger partial charge in [-0.05, 0) is 176 Å². The predicted octanol–water partition coefficient (Wildman–Crippen LogP) is 19.9. The zero-order chi connectivity index (χ0) is 58.1. The summed E-state index contributed by atoms with van der Waals surface area (Å²) in [4.78, 5) is 3.88. The first-order valence-electron chi connectivity index (χ1n) is 29.6. The lowest BCUT2D eigenvalue weighted by molar-refractivity contribution is 0.978. The monoisotopic (exact) mass is 947 g/mol. The molecule has 350 valence electrons. The number of aryl methyl sites for hydroxylation is 4. The van der Waals surface area contributed by atoms with Crippen molar-refractivity contribution in [1.82, 2.24) is 0 Å². The Morgan fingerprint density at radius 3 is 1.32 bits per heavy atom. The zero-order valence-electron chi connectivity index (χ0n) is 51.1. The van der Waals surface area contributed by atoms with E-state index in [1.807, 2.05) is 165 Å². The molecule has 0 bridgehead atoms. The van der Waals surface area contributed by atoms with Crippen molar-refractivity contribution in [2.45, 2.75) is 34.2 Å². The van der Waals surface area contributed by atoms with Crippen LogP contribution in [0.3, 0.4) is 0 Å². The van der Waals surface area contributed by atoms with Gasteiger partial charge in [-0.15, -0.1) is 0 Å². The SMILES string of the molecule is [2H]c1c([2H])c([2H])c2c(c1[2H])c(CN(c1cccc(-c3cccc(-c4ccccc4)c3)c1)c1ccc(C)cc1C)c([2H])c1c3c([2H])c([2H])c([2H])c([2H])c3c(N(c3cccc(-c4cccc(-c5ccccc5)c4)c3)c3ccc(C)cc3C)c([2H])c21. The number of hydrogen-bond acceptors (Lipinski definition) is 2. The lowest BCUT2D eigenvalue weighted by Crippen LogP contribution is -2.18. The summed E-state index contributed by atoms with van der Waals surface area (Å²) < 4.78 is 97.8. The van der Waals surface area contributed by atoms with E-state index in [2.05, 4.69) is 66.7 Å². The van der Waals surface area contributed by atoms with E-state index in [9.17, 15) is 13.7 Å². The van der Waals surface area contributed by atoms with Crippen LogP contribution in [0.15, 0.2) is 255 Å². The van der Waals surface area contributed by atoms with Crippen molar-refractivity contribution in [3.05, 3.63) is 282 Å². The standard InChI is InChI=1S/C71H56N2/c1-48-35-37-69(50(3)39-48)72(61-29-17-27-58(43-61)56-25-15-23-54(41-56)52-19-7-5-8-20-52)47-60-45-67-65-33-13-14-34-66(65)71(46-68(67)64-32-12-11-31-63(60)64)73(70-38-36-49(2)40-51(70)4)62-30-18-28-59(44-62)57-26-16-24-55(42-57)53-21-9-6-10-22-53/h5-46H,47H2,1-4H3/i11D,12D,13D,14D,31D,32D,33D,34D,45D,46D. The molecule has 2 heteroatoms. The number of fused-ring (bicyclic) bond motifs is 5. The molecule has 0 aliphatic heterocycles. The van der Waals surface area contributed by atoms with Crippen molar-refractivity contribution < 1.29 is 13.7 Å². The Balaban J connectivity index is 1.16. The minimum atomic E-state index is -0.549. The molecule has 0 amide bonds. The van der Waals surface area contributed by atoms with E-state index in [1.165, 1.54) is 0 Å². The normalized spacial score (nSPS) is 13.3. The van der Waals surface area contributed by atoms with Crippen molar-refractivity contribution in [2.24, 2.45) is 0 Å². The average Bonchev–Trinajstić information content (AvgIpc) is 1.59. The molecule has 12 aromatic carbocycles. The van der Waals surface area contributed by atoms with Crippen molar-refractivity contribution >= 4 is 60.8 Å². The molecule has 0 N–H and O–H groups in total. The van der Waals surface area contributed by atoms with Crippen molar-refractivity contribution in [3.8, 4) is 44.5 Å². The summed E-state index contributed by atoms with van der Waals surface area (Å²) in [5.74, 6) is 0. The first-order chi connectivity index (χ1) is 40.0. The van der Waals surface area contributed by atoms with Crippen molar-refractivity contribution in [3.63, 3.8) is 0 Å². The van der Waals surface area contributed by atoms with E-state index in [1.54, 1.807) is 0 Å². The number of nitrogens with zero attached hydrogens (tertiary/aromatic N) is 2. The fourth-order valence-electron chi connectivity index (χ4n) is 10.3. The molecule has 0 aliphatic rings. The molecule has 0 radical (unpaired) electrons. The molecular formula is C71H56N2. The topological polar surface area (TPSA) is 6.48 Å². The van der Waals surface area contributed by atoms with Gasteiger partial charge in [0, 0.05) is 34.7 Å². The highest BCUT2D eigenvalue weighted by Crippen LogP contribution is 2.47. The minimum Gasteiger partial charge on any atom is -0.337 e. The van der Waals surface area contributed by atoms with Gasteiger partial charge in [0.2, 0.25) is 0 Å². The van der Waals surface area contributed by atoms with Crippen LogP contribution in [-0.2, 0) is 6.54 Å². The number of anilines is 5. The smallest absolute Gasteiger partial charge is 0.0652 e. The summed E-state index contributed by atoms with van der Waals surface area (Å²) in [6, 6.07) is 60.2. The Morgan fingerprint density at radius 2 is 0.753 bits per heavy atom. The molecular weight excluding hydrogens is 881 g/mol. The molecule has 0 aliphatic carbocycles. The van der Waals surface area contributed by atoms with Crippen LogP contribution < -0.4 is 9.80 Å². The molecule has 0 saturated carbocycles. The maximum Gasteiger partial charge on any atom is 0.0652 e. The Labute approximate surface area is 443 Å². The first-order valence-corrected chi connectivity index (χ1v) is 24.6. The third-order valence-electron chi connectivity index (χ3n) is 13.8. The molecule has 0 atom stereocenters. The molecule has 12 rings (SSSR count). The highest BCUT2D eigenvalue weighted by Gasteiger charge is 2.23. The molecule has 12 aromatic rings.